The van der Waals surface area contributed by atoms with Crippen LogP contribution in [0.1, 0.15) is 26.2 Å². The molecule has 1 aromatic heterocycles. The van der Waals surface area contributed by atoms with Gasteiger partial charge in [0.2, 0.25) is 5.91 Å². The highest BCUT2D eigenvalue weighted by molar-refractivity contribution is 5.98. The smallest absolute Gasteiger partial charge is 0.244 e. The summed E-state index contributed by atoms with van der Waals surface area (Å²) in [7, 11) is 0. The van der Waals surface area contributed by atoms with Crippen molar-refractivity contribution in [1.82, 2.24) is 20.1 Å². The monoisotopic (exact) mass is 285 g/mol. The Morgan fingerprint density at radius 1 is 1.33 bits per heavy atom. The van der Waals surface area contributed by atoms with Crippen molar-refractivity contribution in [3.8, 4) is 5.69 Å². The molecule has 0 spiro atoms. The van der Waals surface area contributed by atoms with Crippen molar-refractivity contribution < 1.29 is 4.79 Å². The number of hydrogen-bond acceptors (Lipinski definition) is 4. The zero-order valence-corrected chi connectivity index (χ0v) is 12.0. The number of piperidine rings is 1. The second-order valence-corrected chi connectivity index (χ2v) is 5.59. The predicted molar refractivity (Wildman–Crippen MR) is 80.2 cm³/mol. The van der Waals surface area contributed by atoms with Gasteiger partial charge in [-0.2, -0.15) is 0 Å². The lowest BCUT2D eigenvalue weighted by Gasteiger charge is -2.33. The molecule has 0 saturated carbocycles. The first kappa shape index (κ1) is 13.8. The maximum Gasteiger partial charge on any atom is 0.244 e. The molecule has 0 radical (unpaired) electrons. The van der Waals surface area contributed by atoms with Crippen LogP contribution in [-0.4, -0.2) is 32.8 Å². The van der Waals surface area contributed by atoms with Gasteiger partial charge in [-0.25, -0.2) is 0 Å². The van der Waals surface area contributed by atoms with Crippen LogP contribution in [0.5, 0.6) is 0 Å². The normalized spacial score (nSPS) is 22.0. The average Bonchev–Trinajstić information content (AvgIpc) is 3.02. The third kappa shape index (κ3) is 2.95. The summed E-state index contributed by atoms with van der Waals surface area (Å²) in [5, 5.41) is 13.9. The number of anilines is 1. The molecule has 2 N–H and O–H groups in total. The molecule has 1 aliphatic rings. The van der Waals surface area contributed by atoms with Gasteiger partial charge < -0.3 is 10.6 Å². The molecule has 1 unspecified atom stereocenters. The zero-order chi connectivity index (χ0) is 14.7. The molecule has 1 aromatic carbocycles. The number of nitrogens with one attached hydrogen (secondary N) is 2. The molecular weight excluding hydrogens is 266 g/mol. The molecule has 1 saturated heterocycles. The number of aromatic nitrogens is 3. The predicted octanol–water partition coefficient (Wildman–Crippen LogP) is 1.74. The molecule has 1 aliphatic heterocycles. The van der Waals surface area contributed by atoms with E-state index in [1.54, 1.807) is 17.2 Å². The van der Waals surface area contributed by atoms with Crippen molar-refractivity contribution in [2.24, 2.45) is 0 Å². The highest BCUT2D eigenvalue weighted by Gasteiger charge is 2.34. The summed E-state index contributed by atoms with van der Waals surface area (Å²) in [5.41, 5.74) is 1.21. The third-order valence-electron chi connectivity index (χ3n) is 3.94. The lowest BCUT2D eigenvalue weighted by atomic mass is 9.90. The van der Waals surface area contributed by atoms with E-state index in [0.717, 1.165) is 37.2 Å². The van der Waals surface area contributed by atoms with Gasteiger partial charge in [-0.05, 0) is 50.9 Å². The quantitative estimate of drug-likeness (QED) is 0.901. The maximum absolute atomic E-state index is 12.5. The van der Waals surface area contributed by atoms with Crippen LogP contribution >= 0.6 is 0 Å². The minimum atomic E-state index is -0.481. The molecule has 0 aliphatic carbocycles. The Bertz CT molecular complexity index is 617. The van der Waals surface area contributed by atoms with Gasteiger partial charge in [-0.1, -0.05) is 6.07 Å². The van der Waals surface area contributed by atoms with Crippen LogP contribution in [0.25, 0.3) is 5.69 Å². The number of amides is 1. The van der Waals surface area contributed by atoms with Gasteiger partial charge in [0, 0.05) is 5.69 Å². The summed E-state index contributed by atoms with van der Waals surface area (Å²) in [6, 6.07) is 7.65. The van der Waals surface area contributed by atoms with Crippen LogP contribution in [0, 0.1) is 0 Å². The van der Waals surface area contributed by atoms with E-state index >= 15 is 0 Å². The topological polar surface area (TPSA) is 71.8 Å². The highest BCUT2D eigenvalue weighted by atomic mass is 16.2. The molecule has 0 bridgehead atoms. The Kier molecular flexibility index (Phi) is 3.70. The van der Waals surface area contributed by atoms with Crippen LogP contribution in [0.3, 0.4) is 0 Å². The molecule has 1 atom stereocenters. The zero-order valence-electron chi connectivity index (χ0n) is 12.0. The Morgan fingerprint density at radius 3 is 2.86 bits per heavy atom. The summed E-state index contributed by atoms with van der Waals surface area (Å²) < 4.78 is 1.80. The fourth-order valence-corrected chi connectivity index (χ4v) is 2.60. The van der Waals surface area contributed by atoms with Gasteiger partial charge in [-0.3, -0.25) is 9.36 Å². The van der Waals surface area contributed by atoms with Crippen molar-refractivity contribution >= 4 is 11.6 Å². The second kappa shape index (κ2) is 5.65. The molecule has 110 valence electrons. The summed E-state index contributed by atoms with van der Waals surface area (Å²) in [6.07, 6.45) is 6.34. The number of hydrogen-bond donors (Lipinski definition) is 2. The summed E-state index contributed by atoms with van der Waals surface area (Å²) >= 11 is 0. The Morgan fingerprint density at radius 2 is 2.14 bits per heavy atom. The van der Waals surface area contributed by atoms with E-state index in [0.29, 0.717) is 0 Å². The van der Waals surface area contributed by atoms with E-state index in [-0.39, 0.29) is 5.91 Å². The molecule has 2 heterocycles. The molecule has 1 amide bonds. The van der Waals surface area contributed by atoms with Crippen molar-refractivity contribution in [2.45, 2.75) is 31.7 Å². The van der Waals surface area contributed by atoms with Gasteiger partial charge in [0.25, 0.3) is 0 Å². The highest BCUT2D eigenvalue weighted by Crippen LogP contribution is 2.22. The minimum absolute atomic E-state index is 0.0168. The number of carbonyl (C=O) groups is 1. The Hall–Kier alpha value is -2.21. The fraction of sp³-hybridized carbons (Fsp3) is 0.400. The Labute approximate surface area is 123 Å². The standard InChI is InChI=1S/C15H19N5O/c1-15(7-2-3-8-16-15)14(21)19-12-5-4-6-13(9-12)20-10-17-18-11-20/h4-6,9-11,16H,2-3,7-8H2,1H3,(H,19,21). The second-order valence-electron chi connectivity index (χ2n) is 5.59. The van der Waals surface area contributed by atoms with Gasteiger partial charge in [0.15, 0.2) is 0 Å². The molecule has 6 heteroatoms. The van der Waals surface area contributed by atoms with E-state index in [1.807, 2.05) is 31.2 Å². The fourth-order valence-electron chi connectivity index (χ4n) is 2.60. The van der Waals surface area contributed by atoms with Gasteiger partial charge in [0.1, 0.15) is 12.7 Å². The molecular formula is C15H19N5O. The van der Waals surface area contributed by atoms with E-state index in [2.05, 4.69) is 20.8 Å². The first-order chi connectivity index (χ1) is 10.2. The first-order valence-electron chi connectivity index (χ1n) is 7.19. The van der Waals surface area contributed by atoms with Gasteiger partial charge >= 0.3 is 0 Å². The van der Waals surface area contributed by atoms with E-state index in [4.69, 9.17) is 0 Å². The maximum atomic E-state index is 12.5. The minimum Gasteiger partial charge on any atom is -0.324 e. The lowest BCUT2D eigenvalue weighted by Crippen LogP contribution is -2.54. The molecule has 6 nitrogen and oxygen atoms in total. The number of carbonyl (C=O) groups excluding carboxylic acids is 1. The van der Waals surface area contributed by atoms with Crippen molar-refractivity contribution in [3.63, 3.8) is 0 Å². The van der Waals surface area contributed by atoms with Crippen LogP contribution in [0.15, 0.2) is 36.9 Å². The molecule has 1 fully saturated rings. The molecule has 2 aromatic rings. The van der Waals surface area contributed by atoms with E-state index in [9.17, 15) is 4.79 Å². The summed E-state index contributed by atoms with van der Waals surface area (Å²) in [5.74, 6) is 0.0168. The Balaban J connectivity index is 1.76. The average molecular weight is 285 g/mol. The van der Waals surface area contributed by atoms with Gasteiger partial charge in [0.05, 0.1) is 11.2 Å². The number of rotatable bonds is 3. The molecule has 21 heavy (non-hydrogen) atoms. The van der Waals surface area contributed by atoms with Crippen molar-refractivity contribution in [2.75, 3.05) is 11.9 Å². The van der Waals surface area contributed by atoms with Crippen LogP contribution in [-0.2, 0) is 4.79 Å². The number of nitrogens with zero attached hydrogens (tertiary/aromatic N) is 3. The lowest BCUT2D eigenvalue weighted by molar-refractivity contribution is -0.122. The molecule has 3 rings (SSSR count). The van der Waals surface area contributed by atoms with Crippen LogP contribution in [0.4, 0.5) is 5.69 Å². The first-order valence-corrected chi connectivity index (χ1v) is 7.19. The summed E-state index contributed by atoms with van der Waals surface area (Å²) in [4.78, 5) is 12.5. The summed E-state index contributed by atoms with van der Waals surface area (Å²) in [6.45, 7) is 2.86. The van der Waals surface area contributed by atoms with Crippen LogP contribution in [0.2, 0.25) is 0 Å². The number of benzene rings is 1. The SMILES string of the molecule is CC1(C(=O)Nc2cccc(-n3cnnc3)c2)CCCCN1. The third-order valence-corrected chi connectivity index (χ3v) is 3.94. The van der Waals surface area contributed by atoms with Crippen LogP contribution < -0.4 is 10.6 Å². The van der Waals surface area contributed by atoms with E-state index in [1.165, 1.54) is 0 Å². The largest absolute Gasteiger partial charge is 0.324 e. The van der Waals surface area contributed by atoms with Crippen molar-refractivity contribution in [1.29, 1.82) is 0 Å². The van der Waals surface area contributed by atoms with Gasteiger partial charge in [-0.15, -0.1) is 10.2 Å². The van der Waals surface area contributed by atoms with Crippen molar-refractivity contribution in [3.05, 3.63) is 36.9 Å². The van der Waals surface area contributed by atoms with E-state index < -0.39 is 5.54 Å².